The highest BCUT2D eigenvalue weighted by molar-refractivity contribution is 9.11. The smallest absolute Gasteiger partial charge is 0.358 e. The highest BCUT2D eigenvalue weighted by atomic mass is 79.9. The van der Waals surface area contributed by atoms with Gasteiger partial charge in [0.15, 0.2) is 5.69 Å². The molecule has 0 bridgehead atoms. The first-order valence-electron chi connectivity index (χ1n) is 4.80. The molecule has 90 valence electrons. The fourth-order valence-corrected chi connectivity index (χ4v) is 3.30. The first kappa shape index (κ1) is 12.6. The number of hydrogen-bond acceptors (Lipinski definition) is 3. The van der Waals surface area contributed by atoms with Crippen LogP contribution in [0.5, 0.6) is 0 Å². The van der Waals surface area contributed by atoms with Crippen molar-refractivity contribution in [2.75, 3.05) is 0 Å². The Morgan fingerprint density at radius 2 is 2.35 bits per heavy atom. The number of aromatic carboxylic acids is 1. The summed E-state index contributed by atoms with van der Waals surface area (Å²) in [5, 5.41) is 13.2. The van der Waals surface area contributed by atoms with Gasteiger partial charge in [-0.25, -0.2) is 4.79 Å². The van der Waals surface area contributed by atoms with Crippen LogP contribution in [0.3, 0.4) is 0 Å². The lowest BCUT2D eigenvalue weighted by atomic mass is 10.3. The van der Waals surface area contributed by atoms with Gasteiger partial charge in [-0.15, -0.1) is 11.3 Å². The van der Waals surface area contributed by atoms with Gasteiger partial charge in [-0.1, -0.05) is 11.6 Å². The Bertz CT molecular complexity index is 579. The molecule has 2 heterocycles. The van der Waals surface area contributed by atoms with Gasteiger partial charge >= 0.3 is 5.97 Å². The van der Waals surface area contributed by atoms with Crippen molar-refractivity contribution in [2.24, 2.45) is 0 Å². The Morgan fingerprint density at radius 1 is 1.65 bits per heavy atom. The third-order valence-electron chi connectivity index (χ3n) is 2.20. The average Bonchev–Trinajstić information content (AvgIpc) is 2.81. The summed E-state index contributed by atoms with van der Waals surface area (Å²) in [6, 6.07) is 3.78. The van der Waals surface area contributed by atoms with E-state index in [1.165, 1.54) is 11.3 Å². The van der Waals surface area contributed by atoms with E-state index in [1.807, 2.05) is 19.1 Å². The van der Waals surface area contributed by atoms with Crippen molar-refractivity contribution in [3.05, 3.63) is 26.6 Å². The molecule has 0 radical (unpaired) electrons. The zero-order chi connectivity index (χ0) is 12.6. The third-order valence-corrected chi connectivity index (χ3v) is 4.19. The van der Waals surface area contributed by atoms with Crippen LogP contribution in [0.25, 0.3) is 10.6 Å². The molecule has 0 spiro atoms. The van der Waals surface area contributed by atoms with Crippen LogP contribution in [-0.4, -0.2) is 20.9 Å². The summed E-state index contributed by atoms with van der Waals surface area (Å²) in [7, 11) is 0. The van der Waals surface area contributed by atoms with Crippen molar-refractivity contribution in [1.29, 1.82) is 0 Å². The maximum Gasteiger partial charge on any atom is 0.358 e. The molecular weight excluding hydrogens is 328 g/mol. The van der Waals surface area contributed by atoms with Gasteiger partial charge in [-0.2, -0.15) is 5.10 Å². The van der Waals surface area contributed by atoms with Gasteiger partial charge in [-0.05, 0) is 35.0 Å². The normalized spacial score (nSPS) is 10.8. The van der Waals surface area contributed by atoms with Crippen molar-refractivity contribution in [1.82, 2.24) is 9.78 Å². The fraction of sp³-hybridized carbons (Fsp3) is 0.200. The van der Waals surface area contributed by atoms with Crippen LogP contribution in [-0.2, 0) is 6.54 Å². The molecule has 0 saturated heterocycles. The number of aromatic nitrogens is 2. The first-order valence-corrected chi connectivity index (χ1v) is 6.78. The molecule has 0 unspecified atom stereocenters. The van der Waals surface area contributed by atoms with Crippen LogP contribution in [0.15, 0.2) is 15.9 Å². The Labute approximate surface area is 115 Å². The number of nitrogens with zero attached hydrogens (tertiary/aromatic N) is 2. The lowest BCUT2D eigenvalue weighted by Gasteiger charge is -2.01. The van der Waals surface area contributed by atoms with Gasteiger partial charge in [0.05, 0.1) is 14.4 Å². The predicted molar refractivity (Wildman–Crippen MR) is 70.9 cm³/mol. The van der Waals surface area contributed by atoms with Gasteiger partial charge in [0.2, 0.25) is 0 Å². The Balaban J connectivity index is 2.63. The summed E-state index contributed by atoms with van der Waals surface area (Å²) in [5.41, 5.74) is 0.551. The molecule has 0 aromatic carbocycles. The van der Waals surface area contributed by atoms with Gasteiger partial charge in [0.25, 0.3) is 0 Å². The molecule has 17 heavy (non-hydrogen) atoms. The van der Waals surface area contributed by atoms with E-state index in [0.29, 0.717) is 12.2 Å². The van der Waals surface area contributed by atoms with E-state index in [9.17, 15) is 4.79 Å². The van der Waals surface area contributed by atoms with E-state index < -0.39 is 5.97 Å². The third kappa shape index (κ3) is 2.25. The minimum atomic E-state index is -1.11. The number of hydrogen-bond donors (Lipinski definition) is 1. The SMILES string of the molecule is CCn1nc(C(=O)O)c(Cl)c1-c1ccc(Br)s1. The van der Waals surface area contributed by atoms with E-state index in [1.54, 1.807) is 4.68 Å². The van der Waals surface area contributed by atoms with Crippen molar-refractivity contribution in [3.8, 4) is 10.6 Å². The highest BCUT2D eigenvalue weighted by Crippen LogP contribution is 2.37. The summed E-state index contributed by atoms with van der Waals surface area (Å²) in [6.45, 7) is 2.46. The number of carboxylic acid groups (broad SMARTS) is 1. The van der Waals surface area contributed by atoms with Crippen LogP contribution in [0.4, 0.5) is 0 Å². The Kier molecular flexibility index (Phi) is 3.56. The standard InChI is InChI=1S/C10H8BrClN2O2S/c1-2-14-9(5-3-4-6(11)17-5)7(12)8(13-14)10(15)16/h3-4H,2H2,1H3,(H,15,16). The predicted octanol–water partition coefficient (Wildman–Crippen LogP) is 3.75. The number of carboxylic acids is 1. The number of thiophene rings is 1. The molecule has 0 amide bonds. The summed E-state index contributed by atoms with van der Waals surface area (Å²) in [6.07, 6.45) is 0. The second-order valence-corrected chi connectivity index (χ2v) is 6.08. The first-order chi connectivity index (χ1) is 8.04. The second-order valence-electron chi connectivity index (χ2n) is 3.24. The summed E-state index contributed by atoms with van der Waals surface area (Å²) >= 11 is 10.9. The van der Waals surface area contributed by atoms with Crippen molar-refractivity contribution in [2.45, 2.75) is 13.5 Å². The van der Waals surface area contributed by atoms with Crippen LogP contribution in [0.2, 0.25) is 5.02 Å². The van der Waals surface area contributed by atoms with Gasteiger partial charge in [0.1, 0.15) is 5.02 Å². The largest absolute Gasteiger partial charge is 0.476 e. The Morgan fingerprint density at radius 3 is 2.82 bits per heavy atom. The molecule has 7 heteroatoms. The van der Waals surface area contributed by atoms with Gasteiger partial charge in [0, 0.05) is 6.54 Å². The zero-order valence-electron chi connectivity index (χ0n) is 8.78. The van der Waals surface area contributed by atoms with Gasteiger partial charge in [-0.3, -0.25) is 4.68 Å². The molecule has 4 nitrogen and oxygen atoms in total. The summed E-state index contributed by atoms with van der Waals surface area (Å²) in [4.78, 5) is 11.9. The zero-order valence-corrected chi connectivity index (χ0v) is 11.9. The monoisotopic (exact) mass is 334 g/mol. The molecule has 0 aliphatic carbocycles. The fourth-order valence-electron chi connectivity index (χ4n) is 1.48. The van der Waals surface area contributed by atoms with Crippen LogP contribution in [0.1, 0.15) is 17.4 Å². The minimum absolute atomic E-state index is 0.104. The molecule has 2 rings (SSSR count). The van der Waals surface area contributed by atoms with E-state index >= 15 is 0 Å². The average molecular weight is 336 g/mol. The molecule has 0 atom stereocenters. The van der Waals surface area contributed by atoms with Crippen molar-refractivity contribution in [3.63, 3.8) is 0 Å². The highest BCUT2D eigenvalue weighted by Gasteiger charge is 2.22. The van der Waals surface area contributed by atoms with E-state index in [0.717, 1.165) is 8.66 Å². The number of rotatable bonds is 3. The number of carbonyl (C=O) groups is 1. The van der Waals surface area contributed by atoms with Crippen LogP contribution >= 0.6 is 38.9 Å². The van der Waals surface area contributed by atoms with E-state index in [4.69, 9.17) is 16.7 Å². The Hall–Kier alpha value is -0.850. The molecule has 2 aromatic rings. The summed E-state index contributed by atoms with van der Waals surface area (Å²) < 4.78 is 2.56. The molecule has 0 aliphatic heterocycles. The number of halogens is 2. The lowest BCUT2D eigenvalue weighted by Crippen LogP contribution is -2.02. The van der Waals surface area contributed by atoms with Crippen LogP contribution < -0.4 is 0 Å². The quantitative estimate of drug-likeness (QED) is 0.929. The molecule has 2 aromatic heterocycles. The molecule has 1 N–H and O–H groups in total. The molecule has 0 saturated carbocycles. The second kappa shape index (κ2) is 4.80. The summed E-state index contributed by atoms with van der Waals surface area (Å²) in [5.74, 6) is -1.11. The molecule has 0 fully saturated rings. The number of aryl methyl sites for hydroxylation is 1. The lowest BCUT2D eigenvalue weighted by molar-refractivity contribution is 0.0689. The van der Waals surface area contributed by atoms with Crippen molar-refractivity contribution < 1.29 is 9.90 Å². The maximum atomic E-state index is 11.0. The van der Waals surface area contributed by atoms with E-state index in [-0.39, 0.29) is 10.7 Å². The van der Waals surface area contributed by atoms with E-state index in [2.05, 4.69) is 21.0 Å². The van der Waals surface area contributed by atoms with Crippen molar-refractivity contribution >= 4 is 44.8 Å². The van der Waals surface area contributed by atoms with Crippen LogP contribution in [0, 0.1) is 0 Å². The molecular formula is C10H8BrClN2O2S. The maximum absolute atomic E-state index is 11.0. The molecule has 0 aliphatic rings. The minimum Gasteiger partial charge on any atom is -0.476 e. The topological polar surface area (TPSA) is 55.1 Å². The van der Waals surface area contributed by atoms with Gasteiger partial charge < -0.3 is 5.11 Å².